The highest BCUT2D eigenvalue weighted by Gasteiger charge is 2.25. The number of aromatic nitrogens is 3. The molecule has 0 bridgehead atoms. The van der Waals surface area contributed by atoms with Crippen LogP contribution in [-0.4, -0.2) is 34.1 Å². The van der Waals surface area contributed by atoms with Crippen LogP contribution in [-0.2, 0) is 0 Å². The van der Waals surface area contributed by atoms with Crippen LogP contribution in [0.4, 0.5) is 5.95 Å². The molecule has 0 radical (unpaired) electrons. The largest absolute Gasteiger partial charge is 0.464 e. The molecule has 2 atom stereocenters. The summed E-state index contributed by atoms with van der Waals surface area (Å²) in [7, 11) is 0. The highest BCUT2D eigenvalue weighted by molar-refractivity contribution is 6.28. The average Bonchev–Trinajstić information content (AvgIpc) is 2.28. The van der Waals surface area contributed by atoms with E-state index in [1.165, 1.54) is 0 Å². The Bertz CT molecular complexity index is 415. The topological polar surface area (TPSA) is 51.1 Å². The van der Waals surface area contributed by atoms with Crippen LogP contribution in [0.3, 0.4) is 0 Å². The minimum atomic E-state index is 0.189. The zero-order chi connectivity index (χ0) is 13.1. The Kier molecular flexibility index (Phi) is 4.22. The first kappa shape index (κ1) is 13.3. The summed E-state index contributed by atoms with van der Waals surface area (Å²) in [6, 6.07) is 0.722. The van der Waals surface area contributed by atoms with Gasteiger partial charge in [-0.15, -0.1) is 0 Å². The molecule has 0 spiro atoms. The van der Waals surface area contributed by atoms with Crippen molar-refractivity contribution in [2.24, 2.45) is 5.92 Å². The van der Waals surface area contributed by atoms with Crippen molar-refractivity contribution >= 4 is 17.5 Å². The molecule has 6 heteroatoms. The Balaban J connectivity index is 2.21. The van der Waals surface area contributed by atoms with Crippen LogP contribution < -0.4 is 9.64 Å². The molecule has 1 saturated heterocycles. The van der Waals surface area contributed by atoms with Crippen LogP contribution in [0.1, 0.15) is 33.6 Å². The van der Waals surface area contributed by atoms with Gasteiger partial charge in [-0.25, -0.2) is 0 Å². The number of nitrogens with zero attached hydrogens (tertiary/aromatic N) is 4. The van der Waals surface area contributed by atoms with Crippen LogP contribution in [0.5, 0.6) is 6.01 Å². The normalized spacial score (nSPS) is 24.1. The van der Waals surface area contributed by atoms with Crippen molar-refractivity contribution in [1.29, 1.82) is 0 Å². The van der Waals surface area contributed by atoms with Crippen LogP contribution in [0.25, 0.3) is 0 Å². The first-order valence-corrected chi connectivity index (χ1v) is 6.79. The second-order valence-corrected chi connectivity index (χ2v) is 5.13. The molecular formula is C12H19ClN4O. The maximum atomic E-state index is 5.91. The van der Waals surface area contributed by atoms with E-state index >= 15 is 0 Å². The third-order valence-electron chi connectivity index (χ3n) is 3.24. The summed E-state index contributed by atoms with van der Waals surface area (Å²) in [5.74, 6) is 1.37. The van der Waals surface area contributed by atoms with E-state index < -0.39 is 0 Å². The van der Waals surface area contributed by atoms with Crippen molar-refractivity contribution in [2.75, 3.05) is 18.1 Å². The zero-order valence-electron chi connectivity index (χ0n) is 11.1. The van der Waals surface area contributed by atoms with Crippen LogP contribution in [0.15, 0.2) is 0 Å². The van der Waals surface area contributed by atoms with Crippen LogP contribution >= 0.6 is 11.6 Å². The first-order chi connectivity index (χ1) is 8.60. The molecule has 1 fully saturated rings. The predicted molar refractivity (Wildman–Crippen MR) is 71.2 cm³/mol. The van der Waals surface area contributed by atoms with Gasteiger partial charge in [0.05, 0.1) is 6.61 Å². The van der Waals surface area contributed by atoms with E-state index in [4.69, 9.17) is 16.3 Å². The monoisotopic (exact) mass is 270 g/mol. The van der Waals surface area contributed by atoms with Gasteiger partial charge in [-0.05, 0) is 44.2 Å². The third-order valence-corrected chi connectivity index (χ3v) is 3.41. The second kappa shape index (κ2) is 5.69. The summed E-state index contributed by atoms with van der Waals surface area (Å²) in [5.41, 5.74) is 0. The standard InChI is InChI=1S/C12H19ClN4O/c1-4-18-12-15-10(13)14-11(16-12)17-6-5-8(2)7-9(17)3/h8-9H,4-7H2,1-3H3. The van der Waals surface area contributed by atoms with E-state index in [0.29, 0.717) is 24.6 Å². The molecule has 2 heterocycles. The van der Waals surface area contributed by atoms with Crippen LogP contribution in [0, 0.1) is 5.92 Å². The summed E-state index contributed by atoms with van der Waals surface area (Å²) in [5, 5.41) is 0.189. The Labute approximate surface area is 113 Å². The number of halogens is 1. The van der Waals surface area contributed by atoms with E-state index in [1.54, 1.807) is 0 Å². The number of hydrogen-bond acceptors (Lipinski definition) is 5. The molecule has 1 aromatic rings. The summed E-state index contributed by atoms with van der Waals surface area (Å²) in [6.45, 7) is 7.83. The van der Waals surface area contributed by atoms with Gasteiger partial charge < -0.3 is 9.64 Å². The lowest BCUT2D eigenvalue weighted by Crippen LogP contribution is -2.41. The quantitative estimate of drug-likeness (QED) is 0.845. The minimum absolute atomic E-state index is 0.189. The zero-order valence-corrected chi connectivity index (χ0v) is 11.8. The van der Waals surface area contributed by atoms with E-state index in [-0.39, 0.29) is 5.28 Å². The molecule has 0 amide bonds. The molecule has 1 aromatic heterocycles. The summed E-state index contributed by atoms with van der Waals surface area (Å²) < 4.78 is 5.30. The fourth-order valence-electron chi connectivity index (χ4n) is 2.35. The highest BCUT2D eigenvalue weighted by atomic mass is 35.5. The van der Waals surface area contributed by atoms with Gasteiger partial charge in [0, 0.05) is 12.6 Å². The number of anilines is 1. The molecule has 0 aromatic carbocycles. The first-order valence-electron chi connectivity index (χ1n) is 6.41. The van der Waals surface area contributed by atoms with Gasteiger partial charge in [0.2, 0.25) is 11.2 Å². The number of rotatable bonds is 3. The molecular weight excluding hydrogens is 252 g/mol. The maximum Gasteiger partial charge on any atom is 0.322 e. The summed E-state index contributed by atoms with van der Waals surface area (Å²) in [4.78, 5) is 14.7. The van der Waals surface area contributed by atoms with E-state index in [9.17, 15) is 0 Å². The van der Waals surface area contributed by atoms with E-state index in [1.807, 2.05) is 6.92 Å². The molecule has 18 heavy (non-hydrogen) atoms. The van der Waals surface area contributed by atoms with Crippen molar-refractivity contribution in [3.8, 4) is 6.01 Å². The lowest BCUT2D eigenvalue weighted by atomic mass is 9.94. The fraction of sp³-hybridized carbons (Fsp3) is 0.750. The Hall–Kier alpha value is -1.10. The van der Waals surface area contributed by atoms with Crippen molar-refractivity contribution in [2.45, 2.75) is 39.7 Å². The molecule has 1 aliphatic heterocycles. The molecule has 0 N–H and O–H groups in total. The lowest BCUT2D eigenvalue weighted by molar-refractivity contribution is 0.309. The van der Waals surface area contributed by atoms with E-state index in [2.05, 4.69) is 33.7 Å². The molecule has 0 aliphatic carbocycles. The van der Waals surface area contributed by atoms with Crippen molar-refractivity contribution in [3.05, 3.63) is 5.28 Å². The highest BCUT2D eigenvalue weighted by Crippen LogP contribution is 2.26. The Morgan fingerprint density at radius 3 is 2.78 bits per heavy atom. The van der Waals surface area contributed by atoms with Crippen LogP contribution in [0.2, 0.25) is 5.28 Å². The third kappa shape index (κ3) is 3.02. The average molecular weight is 271 g/mol. The molecule has 2 unspecified atom stereocenters. The Morgan fingerprint density at radius 1 is 1.33 bits per heavy atom. The number of ether oxygens (including phenoxy) is 1. The minimum Gasteiger partial charge on any atom is -0.464 e. The van der Waals surface area contributed by atoms with Gasteiger partial charge >= 0.3 is 6.01 Å². The SMILES string of the molecule is CCOc1nc(Cl)nc(N2CCC(C)CC2C)n1. The number of hydrogen-bond donors (Lipinski definition) is 0. The summed E-state index contributed by atoms with van der Waals surface area (Å²) >= 11 is 5.91. The smallest absolute Gasteiger partial charge is 0.322 e. The van der Waals surface area contributed by atoms with Gasteiger partial charge in [0.1, 0.15) is 0 Å². The molecule has 2 rings (SSSR count). The van der Waals surface area contributed by atoms with Gasteiger partial charge in [0.15, 0.2) is 0 Å². The predicted octanol–water partition coefficient (Wildman–Crippen LogP) is 2.55. The Morgan fingerprint density at radius 2 is 2.11 bits per heavy atom. The van der Waals surface area contributed by atoms with Crippen molar-refractivity contribution in [3.63, 3.8) is 0 Å². The molecule has 1 aliphatic rings. The molecule has 5 nitrogen and oxygen atoms in total. The molecule has 0 saturated carbocycles. The van der Waals surface area contributed by atoms with Crippen molar-refractivity contribution < 1.29 is 4.74 Å². The number of piperidine rings is 1. The van der Waals surface area contributed by atoms with Gasteiger partial charge in [-0.2, -0.15) is 15.0 Å². The maximum absolute atomic E-state index is 5.91. The lowest BCUT2D eigenvalue weighted by Gasteiger charge is -2.36. The fourth-order valence-corrected chi connectivity index (χ4v) is 2.50. The van der Waals surface area contributed by atoms with Gasteiger partial charge in [-0.3, -0.25) is 0 Å². The second-order valence-electron chi connectivity index (χ2n) is 4.79. The summed E-state index contributed by atoms with van der Waals surface area (Å²) in [6.07, 6.45) is 2.30. The van der Waals surface area contributed by atoms with Crippen molar-refractivity contribution in [1.82, 2.24) is 15.0 Å². The van der Waals surface area contributed by atoms with E-state index in [0.717, 1.165) is 25.3 Å². The molecule has 100 valence electrons. The van der Waals surface area contributed by atoms with Gasteiger partial charge in [-0.1, -0.05) is 6.92 Å². The van der Waals surface area contributed by atoms with Gasteiger partial charge in [0.25, 0.3) is 0 Å².